The maximum atomic E-state index is 12.5. The molecule has 4 nitrogen and oxygen atoms in total. The Morgan fingerprint density at radius 2 is 0.839 bits per heavy atom. The Balaban J connectivity index is 1.09. The molecule has 0 bridgehead atoms. The van der Waals surface area contributed by atoms with E-state index in [1.807, 2.05) is 0 Å². The number of amides is 2. The quantitative estimate of drug-likeness (QED) is 0.552. The van der Waals surface area contributed by atoms with Crippen LogP contribution in [0.5, 0.6) is 0 Å². The monoisotopic (exact) mass is 430 g/mol. The normalized spacial score (nSPS) is 33.5. The summed E-state index contributed by atoms with van der Waals surface area (Å²) in [6.07, 6.45) is 23.2. The van der Waals surface area contributed by atoms with Crippen LogP contribution in [0.3, 0.4) is 0 Å². The highest BCUT2D eigenvalue weighted by molar-refractivity contribution is 5.79. The van der Waals surface area contributed by atoms with Gasteiger partial charge in [-0.05, 0) is 95.3 Å². The highest BCUT2D eigenvalue weighted by Gasteiger charge is 2.30. The first-order valence-electron chi connectivity index (χ1n) is 13.8. The Hall–Kier alpha value is -1.06. The van der Waals surface area contributed by atoms with Crippen LogP contribution in [-0.2, 0) is 9.59 Å². The molecule has 0 aromatic carbocycles. The molecule has 0 aromatic rings. The fraction of sp³-hybridized carbons (Fsp3) is 0.926. The van der Waals surface area contributed by atoms with Crippen molar-refractivity contribution in [2.75, 3.05) is 0 Å². The van der Waals surface area contributed by atoms with Crippen LogP contribution in [0, 0.1) is 23.7 Å². The lowest BCUT2D eigenvalue weighted by Crippen LogP contribution is -2.42. The summed E-state index contributed by atoms with van der Waals surface area (Å²) >= 11 is 0. The molecule has 4 fully saturated rings. The van der Waals surface area contributed by atoms with Crippen LogP contribution in [0.4, 0.5) is 0 Å². The highest BCUT2D eigenvalue weighted by Crippen LogP contribution is 2.36. The first kappa shape index (κ1) is 23.1. The lowest BCUT2D eigenvalue weighted by atomic mass is 9.75. The number of hydrogen-bond acceptors (Lipinski definition) is 2. The zero-order chi connectivity index (χ0) is 21.5. The number of rotatable bonds is 6. The minimum Gasteiger partial charge on any atom is -0.353 e. The van der Waals surface area contributed by atoms with E-state index in [0.717, 1.165) is 37.5 Å². The van der Waals surface area contributed by atoms with Crippen LogP contribution in [0.25, 0.3) is 0 Å². The van der Waals surface area contributed by atoms with Gasteiger partial charge in [0.25, 0.3) is 0 Å². The molecule has 0 saturated heterocycles. The predicted octanol–water partition coefficient (Wildman–Crippen LogP) is 5.89. The summed E-state index contributed by atoms with van der Waals surface area (Å²) < 4.78 is 0. The first-order valence-corrected chi connectivity index (χ1v) is 13.8. The Kier molecular flexibility index (Phi) is 8.72. The fourth-order valence-electron chi connectivity index (χ4n) is 6.92. The van der Waals surface area contributed by atoms with Crippen molar-refractivity contribution in [1.82, 2.24) is 10.6 Å². The summed E-state index contributed by atoms with van der Waals surface area (Å²) in [5.74, 6) is 2.97. The van der Waals surface area contributed by atoms with Crippen LogP contribution in [0.15, 0.2) is 0 Å². The van der Waals surface area contributed by atoms with Gasteiger partial charge in [0.2, 0.25) is 11.8 Å². The number of carbonyl (C=O) groups is 2. The smallest absolute Gasteiger partial charge is 0.223 e. The molecule has 0 unspecified atom stereocenters. The van der Waals surface area contributed by atoms with E-state index < -0.39 is 0 Å². The van der Waals surface area contributed by atoms with Gasteiger partial charge in [0, 0.05) is 23.9 Å². The summed E-state index contributed by atoms with van der Waals surface area (Å²) in [5.41, 5.74) is 0. The Morgan fingerprint density at radius 1 is 0.484 bits per heavy atom. The van der Waals surface area contributed by atoms with E-state index >= 15 is 0 Å². The van der Waals surface area contributed by atoms with Gasteiger partial charge in [0.15, 0.2) is 0 Å². The number of carbonyl (C=O) groups excluding carboxylic acids is 2. The third kappa shape index (κ3) is 6.96. The fourth-order valence-corrected chi connectivity index (χ4v) is 6.92. The molecule has 176 valence electrons. The molecule has 0 spiro atoms. The first-order chi connectivity index (χ1) is 15.2. The minimum absolute atomic E-state index is 0.292. The standard InChI is InChI=1S/C27H46N2O2/c30-26(22-7-3-1-4-8-22)28-24-15-11-20(12-16-24)19-21-13-17-25(18-14-21)29-27(31)23-9-5-2-6-10-23/h20-25H,1-19H2,(H,28,30)(H,29,31). The van der Waals surface area contributed by atoms with E-state index in [2.05, 4.69) is 10.6 Å². The zero-order valence-corrected chi connectivity index (χ0v) is 19.7. The summed E-state index contributed by atoms with van der Waals surface area (Å²) in [6, 6.07) is 0.854. The Labute approximate surface area is 190 Å². The average Bonchev–Trinajstić information content (AvgIpc) is 2.82. The van der Waals surface area contributed by atoms with Gasteiger partial charge in [0.05, 0.1) is 0 Å². The van der Waals surface area contributed by atoms with Gasteiger partial charge < -0.3 is 10.6 Å². The second-order valence-corrected chi connectivity index (χ2v) is 11.4. The molecule has 4 rings (SSSR count). The molecule has 0 heterocycles. The largest absolute Gasteiger partial charge is 0.353 e. The van der Waals surface area contributed by atoms with Crippen LogP contribution in [0.2, 0.25) is 0 Å². The zero-order valence-electron chi connectivity index (χ0n) is 19.7. The summed E-state index contributed by atoms with van der Waals surface area (Å²) in [4.78, 5) is 25.1. The van der Waals surface area contributed by atoms with Gasteiger partial charge >= 0.3 is 0 Å². The second-order valence-electron chi connectivity index (χ2n) is 11.4. The van der Waals surface area contributed by atoms with Crippen LogP contribution in [-0.4, -0.2) is 23.9 Å². The molecule has 2 amide bonds. The van der Waals surface area contributed by atoms with Crippen molar-refractivity contribution in [3.05, 3.63) is 0 Å². The molecule has 31 heavy (non-hydrogen) atoms. The molecule has 0 aromatic heterocycles. The molecular weight excluding hydrogens is 384 g/mol. The van der Waals surface area contributed by atoms with Gasteiger partial charge in [0.1, 0.15) is 0 Å². The lowest BCUT2D eigenvalue weighted by Gasteiger charge is -2.35. The van der Waals surface area contributed by atoms with Crippen molar-refractivity contribution >= 4 is 11.8 Å². The van der Waals surface area contributed by atoms with E-state index in [4.69, 9.17) is 0 Å². The number of nitrogens with one attached hydrogen (secondary N) is 2. The maximum Gasteiger partial charge on any atom is 0.223 e. The lowest BCUT2D eigenvalue weighted by molar-refractivity contribution is -0.127. The topological polar surface area (TPSA) is 58.2 Å². The summed E-state index contributed by atoms with van der Waals surface area (Å²) in [5, 5.41) is 6.77. The highest BCUT2D eigenvalue weighted by atomic mass is 16.2. The summed E-state index contributed by atoms with van der Waals surface area (Å²) in [7, 11) is 0. The molecule has 4 heteroatoms. The molecule has 4 aliphatic carbocycles. The van der Waals surface area contributed by atoms with Gasteiger partial charge in [-0.1, -0.05) is 38.5 Å². The third-order valence-corrected chi connectivity index (χ3v) is 9.00. The van der Waals surface area contributed by atoms with E-state index in [0.29, 0.717) is 35.7 Å². The van der Waals surface area contributed by atoms with Crippen molar-refractivity contribution in [3.63, 3.8) is 0 Å². The van der Waals surface area contributed by atoms with E-state index in [-0.39, 0.29) is 0 Å². The van der Waals surface area contributed by atoms with E-state index in [9.17, 15) is 9.59 Å². The molecule has 2 N–H and O–H groups in total. The number of hydrogen-bond donors (Lipinski definition) is 2. The van der Waals surface area contributed by atoms with Crippen molar-refractivity contribution in [2.24, 2.45) is 23.7 Å². The van der Waals surface area contributed by atoms with Crippen LogP contribution in [0.1, 0.15) is 122 Å². The van der Waals surface area contributed by atoms with Gasteiger partial charge in [-0.3, -0.25) is 9.59 Å². The van der Waals surface area contributed by atoms with Crippen molar-refractivity contribution < 1.29 is 9.59 Å². The van der Waals surface area contributed by atoms with Crippen molar-refractivity contribution in [1.29, 1.82) is 0 Å². The molecule has 0 aliphatic heterocycles. The van der Waals surface area contributed by atoms with E-state index in [1.165, 1.54) is 96.3 Å². The van der Waals surface area contributed by atoms with E-state index in [1.54, 1.807) is 0 Å². The average molecular weight is 431 g/mol. The van der Waals surface area contributed by atoms with Crippen LogP contribution < -0.4 is 10.6 Å². The van der Waals surface area contributed by atoms with Crippen molar-refractivity contribution in [2.45, 2.75) is 134 Å². The molecule has 0 radical (unpaired) electrons. The SMILES string of the molecule is O=C(NC1CCC(CC2CCC(NC(=O)C3CCCCC3)CC2)CC1)C1CCCCC1. The predicted molar refractivity (Wildman–Crippen MR) is 126 cm³/mol. The minimum atomic E-state index is 0.292. The molecule has 4 saturated carbocycles. The molecule has 4 aliphatic rings. The maximum absolute atomic E-state index is 12.5. The third-order valence-electron chi connectivity index (χ3n) is 9.00. The van der Waals surface area contributed by atoms with Gasteiger partial charge in [-0.2, -0.15) is 0 Å². The molecule has 0 atom stereocenters. The molecular formula is C27H46N2O2. The Morgan fingerprint density at radius 3 is 1.19 bits per heavy atom. The van der Waals surface area contributed by atoms with Gasteiger partial charge in [-0.15, -0.1) is 0 Å². The Bertz CT molecular complexity index is 514. The van der Waals surface area contributed by atoms with Crippen molar-refractivity contribution in [3.8, 4) is 0 Å². The summed E-state index contributed by atoms with van der Waals surface area (Å²) in [6.45, 7) is 0. The van der Waals surface area contributed by atoms with Gasteiger partial charge in [-0.25, -0.2) is 0 Å². The van der Waals surface area contributed by atoms with Crippen LogP contribution >= 0.6 is 0 Å². The second kappa shape index (κ2) is 11.7.